The molecular weight excluding hydrogens is 412 g/mol. The Morgan fingerprint density at radius 1 is 1.26 bits per heavy atom. The molecule has 162 valence electrons. The number of fused-ring (bicyclic) bond motifs is 1. The lowest BCUT2D eigenvalue weighted by molar-refractivity contribution is 0.0377. The van der Waals surface area contributed by atoms with Gasteiger partial charge in [-0.05, 0) is 74.5 Å². The Hall–Kier alpha value is -3.09. The van der Waals surface area contributed by atoms with Crippen LogP contribution in [-0.2, 0) is 16.8 Å². The second kappa shape index (κ2) is 7.87. The summed E-state index contributed by atoms with van der Waals surface area (Å²) in [5.41, 5.74) is 2.46. The van der Waals surface area contributed by atoms with Gasteiger partial charge in [0.2, 0.25) is 0 Å². The van der Waals surface area contributed by atoms with Crippen molar-refractivity contribution in [2.24, 2.45) is 0 Å². The number of rotatable bonds is 4. The van der Waals surface area contributed by atoms with Crippen molar-refractivity contribution in [3.05, 3.63) is 59.2 Å². The molecule has 0 spiro atoms. The molecule has 2 heterocycles. The van der Waals surface area contributed by atoms with Gasteiger partial charge in [0.15, 0.2) is 5.82 Å². The summed E-state index contributed by atoms with van der Waals surface area (Å²) in [6.07, 6.45) is 4.16. The monoisotopic (exact) mass is 438 g/mol. The highest BCUT2D eigenvalue weighted by Gasteiger charge is 2.41. The zero-order valence-electron chi connectivity index (χ0n) is 17.9. The third kappa shape index (κ3) is 4.22. The van der Waals surface area contributed by atoms with Crippen LogP contribution in [0.5, 0.6) is 0 Å². The third-order valence-electron chi connectivity index (χ3n) is 5.64. The fraction of sp³-hybridized carbons (Fsp3) is 0.391. The topological polar surface area (TPSA) is 86.5 Å². The van der Waals surface area contributed by atoms with E-state index in [1.165, 1.54) is 0 Å². The van der Waals surface area contributed by atoms with Gasteiger partial charge >= 0.3 is 6.09 Å². The van der Waals surface area contributed by atoms with Gasteiger partial charge in [-0.15, -0.1) is 0 Å². The molecule has 7 nitrogen and oxygen atoms in total. The Morgan fingerprint density at radius 3 is 2.55 bits per heavy atom. The number of carbonyl (C=O) groups is 2. The summed E-state index contributed by atoms with van der Waals surface area (Å²) in [4.78, 5) is 29.4. The number of hydrogen-bond donors (Lipinski definition) is 3. The van der Waals surface area contributed by atoms with E-state index in [-0.39, 0.29) is 11.4 Å². The molecule has 3 N–H and O–H groups in total. The highest BCUT2D eigenvalue weighted by molar-refractivity contribution is 7.78. The number of aromatic amines is 1. The molecular formula is C23H26N4O3S. The first-order valence-corrected chi connectivity index (χ1v) is 10.7. The first-order chi connectivity index (χ1) is 14.7. The van der Waals surface area contributed by atoms with Crippen LogP contribution in [0.4, 0.5) is 10.5 Å². The number of anilines is 1. The zero-order chi connectivity index (χ0) is 22.2. The maximum Gasteiger partial charge on any atom is 0.408 e. The van der Waals surface area contributed by atoms with Gasteiger partial charge in [-0.2, -0.15) is 0 Å². The van der Waals surface area contributed by atoms with Gasteiger partial charge in [0.05, 0.1) is 17.8 Å². The summed E-state index contributed by atoms with van der Waals surface area (Å²) in [6, 6.07) is 10.0. The Bertz CT molecular complexity index is 1060. The number of ether oxygens (including phenoxy) is 1. The van der Waals surface area contributed by atoms with Crippen LogP contribution in [0.25, 0.3) is 0 Å². The maximum absolute atomic E-state index is 12.4. The predicted octanol–water partition coefficient (Wildman–Crippen LogP) is 4.11. The molecule has 1 aromatic heterocycles. The first kappa shape index (κ1) is 21.2. The van der Waals surface area contributed by atoms with Crippen molar-refractivity contribution < 1.29 is 14.3 Å². The lowest BCUT2D eigenvalue weighted by atomic mass is 9.72. The van der Waals surface area contributed by atoms with E-state index in [2.05, 4.69) is 20.6 Å². The Labute approximate surface area is 186 Å². The van der Waals surface area contributed by atoms with E-state index < -0.39 is 11.7 Å². The fourth-order valence-electron chi connectivity index (χ4n) is 4.00. The van der Waals surface area contributed by atoms with Crippen LogP contribution < -0.4 is 15.5 Å². The van der Waals surface area contributed by atoms with E-state index in [9.17, 15) is 9.59 Å². The van der Waals surface area contributed by atoms with Gasteiger partial charge in [0, 0.05) is 6.20 Å². The molecule has 2 aromatic rings. The molecule has 31 heavy (non-hydrogen) atoms. The summed E-state index contributed by atoms with van der Waals surface area (Å²) in [5, 5.41) is 8.50. The summed E-state index contributed by atoms with van der Waals surface area (Å²) in [6.45, 7) is 6.10. The number of H-pyrrole nitrogens is 1. The molecule has 0 unspecified atom stereocenters. The number of nitrogens with zero attached hydrogens (tertiary/aromatic N) is 1. The van der Waals surface area contributed by atoms with Crippen molar-refractivity contribution in [2.75, 3.05) is 4.90 Å². The number of thiocarbonyl (C=S) groups is 1. The van der Waals surface area contributed by atoms with Gasteiger partial charge in [0.25, 0.3) is 5.91 Å². The SMILES string of the molecule is CC(C)(C)OC(=O)NC1(c2ccc(CN3C(=C=S)NC(=O)c4[nH]ccc43)cc2)CCC1. The third-order valence-corrected chi connectivity index (χ3v) is 5.83. The lowest BCUT2D eigenvalue weighted by Gasteiger charge is -2.43. The van der Waals surface area contributed by atoms with Crippen molar-refractivity contribution in [3.8, 4) is 0 Å². The number of carbonyl (C=O) groups excluding carboxylic acids is 2. The van der Waals surface area contributed by atoms with Gasteiger partial charge in [-0.25, -0.2) is 4.79 Å². The van der Waals surface area contributed by atoms with Crippen LogP contribution in [0.3, 0.4) is 0 Å². The van der Waals surface area contributed by atoms with Crippen LogP contribution in [0.15, 0.2) is 42.3 Å². The average molecular weight is 439 g/mol. The zero-order valence-corrected chi connectivity index (χ0v) is 18.7. The molecule has 1 aromatic carbocycles. The van der Waals surface area contributed by atoms with Gasteiger partial charge in [0.1, 0.15) is 11.3 Å². The maximum atomic E-state index is 12.4. The second-order valence-corrected chi connectivity index (χ2v) is 9.19. The van der Waals surface area contributed by atoms with E-state index in [1.807, 2.05) is 56.0 Å². The summed E-state index contributed by atoms with van der Waals surface area (Å²) in [5.74, 6) is 0.234. The Morgan fingerprint density at radius 2 is 1.97 bits per heavy atom. The van der Waals surface area contributed by atoms with Crippen LogP contribution in [0, 0.1) is 0 Å². The molecule has 0 saturated heterocycles. The van der Waals surface area contributed by atoms with Crippen LogP contribution in [0.1, 0.15) is 61.6 Å². The normalized spacial score (nSPS) is 17.2. The van der Waals surface area contributed by atoms with Crippen LogP contribution in [-0.4, -0.2) is 27.6 Å². The number of alkyl carbamates (subject to hydrolysis) is 1. The Kier molecular flexibility index (Phi) is 5.37. The van der Waals surface area contributed by atoms with Crippen molar-refractivity contribution in [3.63, 3.8) is 0 Å². The fourth-order valence-corrected chi connectivity index (χ4v) is 4.16. The lowest BCUT2D eigenvalue weighted by Crippen LogP contribution is -2.52. The largest absolute Gasteiger partial charge is 0.444 e. The molecule has 0 bridgehead atoms. The molecule has 2 amide bonds. The molecule has 2 aliphatic rings. The number of aromatic nitrogens is 1. The van der Waals surface area contributed by atoms with E-state index in [0.717, 1.165) is 36.1 Å². The molecule has 8 heteroatoms. The van der Waals surface area contributed by atoms with E-state index in [4.69, 9.17) is 17.0 Å². The number of hydrogen-bond acceptors (Lipinski definition) is 5. The quantitative estimate of drug-likeness (QED) is 0.626. The minimum absolute atomic E-state index is 0.223. The molecule has 1 fully saturated rings. The van der Waals surface area contributed by atoms with E-state index >= 15 is 0 Å². The van der Waals surface area contributed by atoms with E-state index in [1.54, 1.807) is 6.20 Å². The molecule has 4 rings (SSSR count). The standard InChI is InChI=1S/C23H26N4O3S/c1-22(2,3)30-21(29)26-23(10-4-11-23)16-7-5-15(6-8-16)13-27-17-9-12-24-19(17)20(28)25-18(27)14-31/h5-9,12,24H,4,10-11,13H2,1-3H3,(H,25,28)(H,26,29). The minimum Gasteiger partial charge on any atom is -0.444 e. The smallest absolute Gasteiger partial charge is 0.408 e. The number of benzene rings is 1. The average Bonchev–Trinajstić information content (AvgIpc) is 3.16. The molecule has 1 aliphatic heterocycles. The summed E-state index contributed by atoms with van der Waals surface area (Å²) in [7, 11) is 0. The van der Waals surface area contributed by atoms with Crippen LogP contribution >= 0.6 is 12.2 Å². The van der Waals surface area contributed by atoms with Gasteiger partial charge < -0.3 is 19.9 Å². The van der Waals surface area contributed by atoms with Crippen molar-refractivity contribution in [2.45, 2.75) is 57.7 Å². The predicted molar refractivity (Wildman–Crippen MR) is 122 cm³/mol. The number of amides is 2. The molecule has 1 aliphatic carbocycles. The highest BCUT2D eigenvalue weighted by Crippen LogP contribution is 2.41. The van der Waals surface area contributed by atoms with Crippen LogP contribution in [0.2, 0.25) is 0 Å². The molecule has 1 saturated carbocycles. The highest BCUT2D eigenvalue weighted by atomic mass is 32.1. The van der Waals surface area contributed by atoms with Crippen molar-refractivity contribution in [1.82, 2.24) is 15.6 Å². The minimum atomic E-state index is -0.535. The van der Waals surface area contributed by atoms with E-state index in [0.29, 0.717) is 18.1 Å². The molecule has 0 radical (unpaired) electrons. The van der Waals surface area contributed by atoms with Gasteiger partial charge in [-0.3, -0.25) is 10.1 Å². The van der Waals surface area contributed by atoms with Gasteiger partial charge in [-0.1, -0.05) is 24.3 Å². The van der Waals surface area contributed by atoms with Crippen molar-refractivity contribution in [1.29, 1.82) is 0 Å². The first-order valence-electron chi connectivity index (χ1n) is 10.3. The van der Waals surface area contributed by atoms with Crippen molar-refractivity contribution >= 4 is 34.9 Å². The Balaban J connectivity index is 1.52. The summed E-state index contributed by atoms with van der Waals surface area (Å²) < 4.78 is 5.46. The summed E-state index contributed by atoms with van der Waals surface area (Å²) >= 11 is 4.99. The number of nitrogens with one attached hydrogen (secondary N) is 3. The molecule has 0 atom stereocenters. The second-order valence-electron chi connectivity index (χ2n) is 8.99.